The smallest absolute Gasteiger partial charge is 0.416 e. The quantitative estimate of drug-likeness (QED) is 0.315. The number of nitrogens with one attached hydrogen (secondary N) is 1. The minimum absolute atomic E-state index is 0.0135. The Hall–Kier alpha value is -4.68. The Morgan fingerprint density at radius 2 is 1.81 bits per heavy atom. The van der Waals surface area contributed by atoms with E-state index in [4.69, 9.17) is 15.6 Å². The van der Waals surface area contributed by atoms with E-state index in [1.54, 1.807) is 16.9 Å². The van der Waals surface area contributed by atoms with Crippen LogP contribution in [0.1, 0.15) is 60.1 Å². The molecule has 2 atom stereocenters. The van der Waals surface area contributed by atoms with Gasteiger partial charge in [0.15, 0.2) is 0 Å². The number of pyridine rings is 2. The summed E-state index contributed by atoms with van der Waals surface area (Å²) in [6, 6.07) is 8.22. The van der Waals surface area contributed by atoms with Crippen molar-refractivity contribution < 1.29 is 27.5 Å². The molecule has 1 aromatic carbocycles. The summed E-state index contributed by atoms with van der Waals surface area (Å²) in [5.41, 5.74) is 7.42. The fraction of sp³-hybridized carbons (Fsp3) is 0.367. The van der Waals surface area contributed by atoms with Crippen molar-refractivity contribution in [2.45, 2.75) is 50.7 Å². The number of benzene rings is 1. The molecule has 2 aliphatic rings. The number of carbonyl (C=O) groups excluding carboxylic acids is 2. The van der Waals surface area contributed by atoms with Crippen LogP contribution in [0.5, 0.6) is 5.75 Å². The van der Waals surface area contributed by atoms with Gasteiger partial charge in [-0.05, 0) is 69.0 Å². The number of rotatable bonds is 6. The zero-order valence-electron chi connectivity index (χ0n) is 23.6. The van der Waals surface area contributed by atoms with Crippen LogP contribution in [0.3, 0.4) is 0 Å². The number of aromatic nitrogens is 4. The molecule has 2 amide bonds. The standard InChI is InChI=1S/C30H30F3N7O3/c1-16-3-4-19(15-39(16)29(42)17-5-6-17)25-21-10-12-36-27(34)26(21)40(38-25)22-8-7-18(13-23(22)43-2)28(41)37-24-14-20(9-11-35-24)30(31,32)33/h7-14,16-17,19H,3-6,15H2,1-2H3,(H2,34,36)(H,35,37,41)/t16-,19+/m0/s1. The van der Waals surface area contributed by atoms with Gasteiger partial charge in [0.25, 0.3) is 5.91 Å². The van der Waals surface area contributed by atoms with E-state index in [1.165, 1.54) is 19.2 Å². The summed E-state index contributed by atoms with van der Waals surface area (Å²) in [6.45, 7) is 2.64. The molecule has 0 bridgehead atoms. The lowest BCUT2D eigenvalue weighted by atomic mass is 9.89. The van der Waals surface area contributed by atoms with Crippen LogP contribution in [-0.4, -0.2) is 56.2 Å². The maximum atomic E-state index is 13.1. The van der Waals surface area contributed by atoms with Crippen LogP contribution in [0, 0.1) is 5.92 Å². The second-order valence-electron chi connectivity index (χ2n) is 11.0. The van der Waals surface area contributed by atoms with Gasteiger partial charge in [0.1, 0.15) is 28.6 Å². The number of ether oxygens (including phenoxy) is 1. The van der Waals surface area contributed by atoms with Crippen LogP contribution in [-0.2, 0) is 11.0 Å². The highest BCUT2D eigenvalue weighted by Crippen LogP contribution is 2.40. The molecule has 224 valence electrons. The number of anilines is 2. The van der Waals surface area contributed by atoms with Crippen molar-refractivity contribution in [2.75, 3.05) is 24.7 Å². The molecule has 6 rings (SSSR count). The number of methoxy groups -OCH3 is 1. The Bertz CT molecular complexity index is 1720. The molecule has 1 aliphatic carbocycles. The Kier molecular flexibility index (Phi) is 7.18. The number of piperidine rings is 1. The van der Waals surface area contributed by atoms with Crippen molar-refractivity contribution >= 4 is 34.4 Å². The second kappa shape index (κ2) is 10.9. The van der Waals surface area contributed by atoms with Gasteiger partial charge in [-0.15, -0.1) is 0 Å². The molecule has 1 aliphatic heterocycles. The second-order valence-corrected chi connectivity index (χ2v) is 11.0. The van der Waals surface area contributed by atoms with Gasteiger partial charge in [0.05, 0.1) is 18.4 Å². The van der Waals surface area contributed by atoms with Crippen LogP contribution in [0.25, 0.3) is 16.6 Å². The molecule has 3 aromatic heterocycles. The maximum absolute atomic E-state index is 13.1. The molecule has 1 saturated heterocycles. The highest BCUT2D eigenvalue weighted by molar-refractivity contribution is 6.04. The number of nitrogens with zero attached hydrogens (tertiary/aromatic N) is 5. The number of fused-ring (bicyclic) bond motifs is 1. The molecule has 43 heavy (non-hydrogen) atoms. The van der Waals surface area contributed by atoms with E-state index in [0.717, 1.165) is 55.1 Å². The summed E-state index contributed by atoms with van der Waals surface area (Å²) in [5.74, 6) is -0.0447. The molecule has 0 unspecified atom stereocenters. The SMILES string of the molecule is COc1cc(C(=O)Nc2cc(C(F)(F)F)ccn2)ccc1-n1nc([C@@H]2CC[C@H](C)N(C(=O)C3CC3)C2)c2ccnc(N)c21. The zero-order valence-corrected chi connectivity index (χ0v) is 23.6. The summed E-state index contributed by atoms with van der Waals surface area (Å²) < 4.78 is 46.6. The van der Waals surface area contributed by atoms with Gasteiger partial charge in [-0.2, -0.15) is 18.3 Å². The molecule has 13 heteroatoms. The van der Waals surface area contributed by atoms with Crippen molar-refractivity contribution in [3.63, 3.8) is 0 Å². The fourth-order valence-corrected chi connectivity index (χ4v) is 5.65. The minimum Gasteiger partial charge on any atom is -0.494 e. The Balaban J connectivity index is 1.33. The summed E-state index contributed by atoms with van der Waals surface area (Å²) >= 11 is 0. The zero-order chi connectivity index (χ0) is 30.5. The molecular formula is C30H30F3N7O3. The van der Waals surface area contributed by atoms with Crippen molar-refractivity contribution in [1.82, 2.24) is 24.6 Å². The first-order valence-electron chi connectivity index (χ1n) is 14.0. The van der Waals surface area contributed by atoms with Gasteiger partial charge in [-0.25, -0.2) is 14.6 Å². The third-order valence-corrected chi connectivity index (χ3v) is 8.13. The lowest BCUT2D eigenvalue weighted by Gasteiger charge is -2.37. The van der Waals surface area contributed by atoms with Crippen LogP contribution < -0.4 is 15.8 Å². The lowest BCUT2D eigenvalue weighted by Crippen LogP contribution is -2.45. The van der Waals surface area contributed by atoms with E-state index >= 15 is 0 Å². The summed E-state index contributed by atoms with van der Waals surface area (Å²) in [7, 11) is 1.44. The average molecular weight is 594 g/mol. The predicted molar refractivity (Wildman–Crippen MR) is 153 cm³/mol. The number of likely N-dealkylation sites (tertiary alicyclic amines) is 1. The summed E-state index contributed by atoms with van der Waals surface area (Å²) in [6.07, 6.45) is 1.62. The van der Waals surface area contributed by atoms with Crippen molar-refractivity contribution in [3.8, 4) is 11.4 Å². The summed E-state index contributed by atoms with van der Waals surface area (Å²) in [5, 5.41) is 8.19. The number of hydrogen-bond acceptors (Lipinski definition) is 7. The van der Waals surface area contributed by atoms with Crippen molar-refractivity contribution in [1.29, 1.82) is 0 Å². The van der Waals surface area contributed by atoms with Gasteiger partial charge in [0, 0.05) is 47.8 Å². The normalized spacial score (nSPS) is 19.0. The number of nitrogen functional groups attached to an aromatic ring is 1. The van der Waals surface area contributed by atoms with E-state index in [2.05, 4.69) is 22.2 Å². The first-order valence-corrected chi connectivity index (χ1v) is 14.0. The summed E-state index contributed by atoms with van der Waals surface area (Å²) in [4.78, 5) is 36.0. The Morgan fingerprint density at radius 3 is 2.53 bits per heavy atom. The van der Waals surface area contributed by atoms with Crippen molar-refractivity contribution in [2.24, 2.45) is 5.92 Å². The molecule has 4 aromatic rings. The molecule has 2 fully saturated rings. The number of carbonyl (C=O) groups is 2. The maximum Gasteiger partial charge on any atom is 0.416 e. The minimum atomic E-state index is -4.57. The predicted octanol–water partition coefficient (Wildman–Crippen LogP) is 5.18. The van der Waals surface area contributed by atoms with Crippen LogP contribution in [0.2, 0.25) is 0 Å². The molecule has 4 heterocycles. The van der Waals surface area contributed by atoms with E-state index in [1.807, 2.05) is 11.0 Å². The highest BCUT2D eigenvalue weighted by Gasteiger charge is 2.39. The third kappa shape index (κ3) is 5.46. The lowest BCUT2D eigenvalue weighted by molar-refractivity contribution is -0.138. The average Bonchev–Trinajstić information content (AvgIpc) is 3.77. The van der Waals surface area contributed by atoms with Gasteiger partial charge >= 0.3 is 6.18 Å². The van der Waals surface area contributed by atoms with Gasteiger partial charge in [-0.1, -0.05) is 0 Å². The van der Waals surface area contributed by atoms with E-state index < -0.39 is 17.6 Å². The van der Waals surface area contributed by atoms with Gasteiger partial charge in [0.2, 0.25) is 5.91 Å². The van der Waals surface area contributed by atoms with Gasteiger partial charge < -0.3 is 20.7 Å². The molecule has 3 N–H and O–H groups in total. The number of halogens is 3. The monoisotopic (exact) mass is 593 g/mol. The highest BCUT2D eigenvalue weighted by atomic mass is 19.4. The Morgan fingerprint density at radius 1 is 1.05 bits per heavy atom. The largest absolute Gasteiger partial charge is 0.494 e. The Labute approximate surface area is 245 Å². The molecule has 1 saturated carbocycles. The van der Waals surface area contributed by atoms with Crippen LogP contribution in [0.15, 0.2) is 48.8 Å². The topological polar surface area (TPSA) is 128 Å². The van der Waals surface area contributed by atoms with E-state index in [-0.39, 0.29) is 46.7 Å². The number of amides is 2. The van der Waals surface area contributed by atoms with E-state index in [0.29, 0.717) is 17.7 Å². The van der Waals surface area contributed by atoms with E-state index in [9.17, 15) is 22.8 Å². The van der Waals surface area contributed by atoms with Gasteiger partial charge in [-0.3, -0.25) is 9.59 Å². The molecule has 0 radical (unpaired) electrons. The number of hydrogen-bond donors (Lipinski definition) is 2. The third-order valence-electron chi connectivity index (χ3n) is 8.13. The van der Waals surface area contributed by atoms with Crippen molar-refractivity contribution in [3.05, 3.63) is 65.6 Å². The molecule has 10 nitrogen and oxygen atoms in total. The molecule has 0 spiro atoms. The van der Waals surface area contributed by atoms with Crippen LogP contribution in [0.4, 0.5) is 24.8 Å². The number of alkyl halides is 3. The first-order chi connectivity index (χ1) is 20.5. The molecular weight excluding hydrogens is 563 g/mol. The first kappa shape index (κ1) is 28.4. The fourth-order valence-electron chi connectivity index (χ4n) is 5.65. The van der Waals surface area contributed by atoms with Crippen LogP contribution >= 0.6 is 0 Å². The number of nitrogens with two attached hydrogens (primary N) is 1.